The van der Waals surface area contributed by atoms with Crippen molar-refractivity contribution in [2.75, 3.05) is 19.5 Å². The molecule has 33 heavy (non-hydrogen) atoms. The molecule has 4 rings (SSSR count). The Hall–Kier alpha value is -2.92. The Labute approximate surface area is 196 Å². The van der Waals surface area contributed by atoms with Crippen molar-refractivity contribution in [3.8, 4) is 11.5 Å². The van der Waals surface area contributed by atoms with Crippen LogP contribution in [0.5, 0.6) is 11.5 Å². The molecule has 0 fully saturated rings. The smallest absolute Gasteiger partial charge is 0.410 e. The summed E-state index contributed by atoms with van der Waals surface area (Å²) < 4.78 is 53.2. The van der Waals surface area contributed by atoms with Gasteiger partial charge in [-0.25, -0.2) is 4.68 Å². The fourth-order valence-corrected chi connectivity index (χ4v) is 4.60. The van der Waals surface area contributed by atoms with Crippen molar-refractivity contribution < 1.29 is 27.4 Å². The molecule has 0 bridgehead atoms. The zero-order chi connectivity index (χ0) is 23.8. The summed E-state index contributed by atoms with van der Waals surface area (Å²) in [6.45, 7) is 0.222. The summed E-state index contributed by atoms with van der Waals surface area (Å²) in [5.74, 6) is 0.128. The number of hydrogen-bond acceptors (Lipinski definition) is 6. The van der Waals surface area contributed by atoms with Gasteiger partial charge in [0.25, 0.3) is 5.91 Å². The van der Waals surface area contributed by atoms with Gasteiger partial charge in [0.05, 0.1) is 26.8 Å². The standard InChI is InChI=1S/C21H20ClF3N4O3S/c1-31-14-6-5-11(8-15(14)32-2)13-9-16(21(23,24)25)29-19(27-13)17(22)18(28-29)20(30)26-10-12-4-3-7-33-12/h3-8,13,16,27H,9-10H2,1-2H3,(H,26,30)/t13-,16+/m1/s1. The van der Waals surface area contributed by atoms with Gasteiger partial charge >= 0.3 is 6.18 Å². The summed E-state index contributed by atoms with van der Waals surface area (Å²) in [7, 11) is 2.92. The molecule has 2 atom stereocenters. The molecule has 1 aliphatic rings. The SMILES string of the molecule is COc1ccc([C@H]2C[C@@H](C(F)(F)F)n3nc(C(=O)NCc4cccs4)c(Cl)c3N2)cc1OC. The molecular weight excluding hydrogens is 481 g/mol. The molecular formula is C21H20ClF3N4O3S. The third kappa shape index (κ3) is 4.60. The molecule has 176 valence electrons. The number of amides is 1. The average Bonchev–Trinajstić information content (AvgIpc) is 3.43. The second-order valence-electron chi connectivity index (χ2n) is 7.32. The van der Waals surface area contributed by atoms with Gasteiger partial charge in [0.1, 0.15) is 10.8 Å². The van der Waals surface area contributed by atoms with Crippen molar-refractivity contribution in [1.82, 2.24) is 15.1 Å². The number of thiophene rings is 1. The Balaban J connectivity index is 1.66. The summed E-state index contributed by atoms with van der Waals surface area (Å²) in [6.07, 6.45) is -4.95. The summed E-state index contributed by atoms with van der Waals surface area (Å²) in [6, 6.07) is 5.83. The lowest BCUT2D eigenvalue weighted by Crippen LogP contribution is -2.36. The average molecular weight is 501 g/mol. The highest BCUT2D eigenvalue weighted by atomic mass is 35.5. The lowest BCUT2D eigenvalue weighted by atomic mass is 9.96. The molecule has 0 unspecified atom stereocenters. The first kappa shape index (κ1) is 23.2. The molecule has 0 spiro atoms. The molecule has 1 amide bonds. The largest absolute Gasteiger partial charge is 0.493 e. The highest BCUT2D eigenvalue weighted by molar-refractivity contribution is 7.09. The quantitative estimate of drug-likeness (QED) is 0.486. The molecule has 3 aromatic rings. The maximum absolute atomic E-state index is 14.0. The van der Waals surface area contributed by atoms with E-state index in [0.29, 0.717) is 17.1 Å². The second kappa shape index (κ2) is 9.14. The van der Waals surface area contributed by atoms with Crippen LogP contribution in [0.15, 0.2) is 35.7 Å². The van der Waals surface area contributed by atoms with E-state index >= 15 is 0 Å². The number of aromatic nitrogens is 2. The number of nitrogens with zero attached hydrogens (tertiary/aromatic N) is 2. The number of carbonyl (C=O) groups is 1. The number of hydrogen-bond donors (Lipinski definition) is 2. The number of rotatable bonds is 6. The van der Waals surface area contributed by atoms with Crippen LogP contribution in [0.1, 0.15) is 39.4 Å². The van der Waals surface area contributed by atoms with E-state index in [1.807, 2.05) is 17.5 Å². The van der Waals surface area contributed by atoms with Crippen LogP contribution in [0.2, 0.25) is 5.02 Å². The minimum Gasteiger partial charge on any atom is -0.493 e. The zero-order valence-corrected chi connectivity index (χ0v) is 19.1. The van der Waals surface area contributed by atoms with Gasteiger partial charge in [-0.2, -0.15) is 18.3 Å². The fourth-order valence-electron chi connectivity index (χ4n) is 3.69. The van der Waals surface area contributed by atoms with Crippen molar-refractivity contribution in [3.63, 3.8) is 0 Å². The van der Waals surface area contributed by atoms with Gasteiger partial charge in [0.2, 0.25) is 0 Å². The van der Waals surface area contributed by atoms with Gasteiger partial charge in [-0.1, -0.05) is 23.7 Å². The third-order valence-corrected chi connectivity index (χ3v) is 6.56. The van der Waals surface area contributed by atoms with E-state index in [2.05, 4.69) is 15.7 Å². The number of fused-ring (bicyclic) bond motifs is 1. The van der Waals surface area contributed by atoms with Gasteiger partial charge in [-0.15, -0.1) is 11.3 Å². The Bertz CT molecular complexity index is 1150. The lowest BCUT2D eigenvalue weighted by Gasteiger charge is -2.33. The molecule has 0 radical (unpaired) electrons. The Kier molecular flexibility index (Phi) is 6.44. The van der Waals surface area contributed by atoms with Crippen molar-refractivity contribution >= 4 is 34.7 Å². The van der Waals surface area contributed by atoms with Crippen LogP contribution < -0.4 is 20.1 Å². The highest BCUT2D eigenvalue weighted by Gasteiger charge is 2.48. The summed E-state index contributed by atoms with van der Waals surface area (Å²) in [5.41, 5.74) is 0.284. The van der Waals surface area contributed by atoms with Crippen molar-refractivity contribution in [1.29, 1.82) is 0 Å². The molecule has 12 heteroatoms. The molecule has 2 aromatic heterocycles. The second-order valence-corrected chi connectivity index (χ2v) is 8.73. The number of anilines is 1. The molecule has 0 saturated carbocycles. The molecule has 2 N–H and O–H groups in total. The minimum absolute atomic E-state index is 0.0636. The minimum atomic E-state index is -4.61. The van der Waals surface area contributed by atoms with Crippen molar-refractivity contribution in [3.05, 3.63) is 56.9 Å². The Morgan fingerprint density at radius 2 is 2.06 bits per heavy atom. The number of halogens is 4. The Morgan fingerprint density at radius 3 is 2.70 bits per heavy atom. The first-order chi connectivity index (χ1) is 15.7. The van der Waals surface area contributed by atoms with Crippen LogP contribution >= 0.6 is 22.9 Å². The van der Waals surface area contributed by atoms with Gasteiger partial charge in [-0.3, -0.25) is 4.79 Å². The van der Waals surface area contributed by atoms with E-state index in [0.717, 1.165) is 9.56 Å². The molecule has 3 heterocycles. The number of benzene rings is 1. The fraction of sp³-hybridized carbons (Fsp3) is 0.333. The number of carbonyl (C=O) groups excluding carboxylic acids is 1. The molecule has 1 aromatic carbocycles. The monoisotopic (exact) mass is 500 g/mol. The maximum atomic E-state index is 14.0. The molecule has 0 saturated heterocycles. The van der Waals surface area contributed by atoms with Gasteiger partial charge < -0.3 is 20.1 Å². The summed E-state index contributed by atoms with van der Waals surface area (Å²) in [5, 5.41) is 11.3. The summed E-state index contributed by atoms with van der Waals surface area (Å²) >= 11 is 7.80. The lowest BCUT2D eigenvalue weighted by molar-refractivity contribution is -0.173. The maximum Gasteiger partial charge on any atom is 0.410 e. The van der Waals surface area contributed by atoms with Crippen LogP contribution in [-0.4, -0.2) is 36.1 Å². The van der Waals surface area contributed by atoms with E-state index < -0.39 is 24.2 Å². The zero-order valence-electron chi connectivity index (χ0n) is 17.6. The van der Waals surface area contributed by atoms with Crippen LogP contribution in [0.25, 0.3) is 0 Å². The number of methoxy groups -OCH3 is 2. The predicted molar refractivity (Wildman–Crippen MR) is 118 cm³/mol. The van der Waals surface area contributed by atoms with E-state index in [1.54, 1.807) is 18.2 Å². The van der Waals surface area contributed by atoms with Gasteiger partial charge in [-0.05, 0) is 29.1 Å². The molecule has 1 aliphatic heterocycles. The third-order valence-electron chi connectivity index (χ3n) is 5.32. The molecule has 7 nitrogen and oxygen atoms in total. The number of alkyl halides is 3. The first-order valence-electron chi connectivity index (χ1n) is 9.86. The van der Waals surface area contributed by atoms with E-state index in [-0.39, 0.29) is 29.5 Å². The highest BCUT2D eigenvalue weighted by Crippen LogP contribution is 2.47. The van der Waals surface area contributed by atoms with Crippen molar-refractivity contribution in [2.45, 2.75) is 31.2 Å². The Morgan fingerprint density at radius 1 is 1.30 bits per heavy atom. The van der Waals surface area contributed by atoms with Crippen LogP contribution in [0.3, 0.4) is 0 Å². The van der Waals surface area contributed by atoms with Crippen LogP contribution in [0, 0.1) is 0 Å². The van der Waals surface area contributed by atoms with Gasteiger partial charge in [0, 0.05) is 11.3 Å². The van der Waals surface area contributed by atoms with E-state index in [1.165, 1.54) is 25.6 Å². The first-order valence-corrected chi connectivity index (χ1v) is 11.1. The number of nitrogens with one attached hydrogen (secondary N) is 2. The van der Waals surface area contributed by atoms with Gasteiger partial charge in [0.15, 0.2) is 23.2 Å². The topological polar surface area (TPSA) is 77.4 Å². The van der Waals surface area contributed by atoms with E-state index in [9.17, 15) is 18.0 Å². The molecule has 0 aliphatic carbocycles. The van der Waals surface area contributed by atoms with Crippen LogP contribution in [-0.2, 0) is 6.54 Å². The predicted octanol–water partition coefficient (Wildman–Crippen LogP) is 5.21. The van der Waals surface area contributed by atoms with Crippen LogP contribution in [0.4, 0.5) is 19.0 Å². The summed E-state index contributed by atoms with van der Waals surface area (Å²) in [4.78, 5) is 13.5. The van der Waals surface area contributed by atoms with E-state index in [4.69, 9.17) is 21.1 Å². The number of ether oxygens (including phenoxy) is 2. The normalized spacial score (nSPS) is 17.8. The van der Waals surface area contributed by atoms with Crippen molar-refractivity contribution in [2.24, 2.45) is 0 Å².